The normalized spacial score (nSPS) is 13.8. The van der Waals surface area contributed by atoms with E-state index in [1.54, 1.807) is 12.4 Å². The minimum absolute atomic E-state index is 0.146. The highest BCUT2D eigenvalue weighted by Crippen LogP contribution is 2.39. The van der Waals surface area contributed by atoms with Gasteiger partial charge in [-0.25, -0.2) is 0 Å². The predicted molar refractivity (Wildman–Crippen MR) is 116 cm³/mol. The second kappa shape index (κ2) is 10.5. The fourth-order valence-electron chi connectivity index (χ4n) is 3.18. The van der Waals surface area contributed by atoms with E-state index in [1.165, 1.54) is 0 Å². The summed E-state index contributed by atoms with van der Waals surface area (Å²) in [6.07, 6.45) is 3.58. The van der Waals surface area contributed by atoms with E-state index in [2.05, 4.69) is 31.1 Å². The Morgan fingerprint density at radius 3 is 2.55 bits per heavy atom. The van der Waals surface area contributed by atoms with Crippen LogP contribution in [-0.2, 0) is 16.0 Å². The van der Waals surface area contributed by atoms with Gasteiger partial charge in [-0.1, -0.05) is 0 Å². The van der Waals surface area contributed by atoms with Gasteiger partial charge in [-0.2, -0.15) is 0 Å². The van der Waals surface area contributed by atoms with Crippen LogP contribution in [0.2, 0.25) is 0 Å². The van der Waals surface area contributed by atoms with Gasteiger partial charge in [0.1, 0.15) is 11.5 Å². The monoisotopic (exact) mass is 463 g/mol. The van der Waals surface area contributed by atoms with Crippen LogP contribution < -0.4 is 19.7 Å². The summed E-state index contributed by atoms with van der Waals surface area (Å²) in [5.74, 6) is 1.20. The van der Waals surface area contributed by atoms with E-state index in [4.69, 9.17) is 14.2 Å². The number of pyridine rings is 1. The SMILES string of the molecule is CCOc1cc(N2CCOCC2)c(OCC)cc1NC(=O)Cc1cncc(Br)c1. The van der Waals surface area contributed by atoms with Gasteiger partial charge in [0.2, 0.25) is 5.91 Å². The molecule has 1 amide bonds. The fourth-order valence-corrected chi connectivity index (χ4v) is 3.59. The summed E-state index contributed by atoms with van der Waals surface area (Å²) in [6, 6.07) is 5.66. The number of morpholine rings is 1. The average Bonchev–Trinajstić information content (AvgIpc) is 2.71. The third-order valence-corrected chi connectivity index (χ3v) is 4.85. The van der Waals surface area contributed by atoms with Crippen LogP contribution in [0, 0.1) is 0 Å². The van der Waals surface area contributed by atoms with Crippen molar-refractivity contribution in [3.8, 4) is 11.5 Å². The number of ether oxygens (including phenoxy) is 3. The molecule has 0 saturated carbocycles. The number of rotatable bonds is 8. The summed E-state index contributed by atoms with van der Waals surface area (Å²) in [6.45, 7) is 7.81. The predicted octanol–water partition coefficient (Wildman–Crippen LogP) is 3.66. The maximum Gasteiger partial charge on any atom is 0.228 e. The van der Waals surface area contributed by atoms with E-state index < -0.39 is 0 Å². The Balaban J connectivity index is 1.85. The Kier molecular flexibility index (Phi) is 7.71. The minimum Gasteiger partial charge on any atom is -0.492 e. The highest BCUT2D eigenvalue weighted by Gasteiger charge is 2.20. The smallest absolute Gasteiger partial charge is 0.228 e. The van der Waals surface area contributed by atoms with Gasteiger partial charge in [0.15, 0.2) is 0 Å². The zero-order valence-corrected chi connectivity index (χ0v) is 18.3. The van der Waals surface area contributed by atoms with Crippen LogP contribution in [0.1, 0.15) is 19.4 Å². The van der Waals surface area contributed by atoms with Gasteiger partial charge in [-0.3, -0.25) is 9.78 Å². The summed E-state index contributed by atoms with van der Waals surface area (Å²) in [5.41, 5.74) is 2.37. The first-order valence-corrected chi connectivity index (χ1v) is 10.6. The van der Waals surface area contributed by atoms with E-state index in [0.717, 1.165) is 34.6 Å². The molecular weight excluding hydrogens is 438 g/mol. The molecule has 7 nitrogen and oxygen atoms in total. The first-order chi connectivity index (χ1) is 14.1. The molecule has 1 N–H and O–H groups in total. The van der Waals surface area contributed by atoms with Crippen LogP contribution in [0.3, 0.4) is 0 Å². The molecule has 0 atom stereocenters. The van der Waals surface area contributed by atoms with Crippen molar-refractivity contribution in [1.82, 2.24) is 4.98 Å². The number of aromatic nitrogens is 1. The van der Waals surface area contributed by atoms with Crippen LogP contribution in [0.4, 0.5) is 11.4 Å². The second-order valence-electron chi connectivity index (χ2n) is 6.52. The highest BCUT2D eigenvalue weighted by atomic mass is 79.9. The van der Waals surface area contributed by atoms with Crippen LogP contribution in [0.25, 0.3) is 0 Å². The van der Waals surface area contributed by atoms with Crippen molar-refractivity contribution >= 4 is 33.2 Å². The molecule has 3 rings (SSSR count). The highest BCUT2D eigenvalue weighted by molar-refractivity contribution is 9.10. The number of carbonyl (C=O) groups excluding carboxylic acids is 1. The standard InChI is InChI=1S/C21H26BrN3O4/c1-3-28-19-12-18(25-5-7-27-8-6-25)20(29-4-2)11-17(19)24-21(26)10-15-9-16(22)14-23-13-15/h9,11-14H,3-8,10H2,1-2H3,(H,24,26). The zero-order valence-electron chi connectivity index (χ0n) is 16.7. The third-order valence-electron chi connectivity index (χ3n) is 4.41. The van der Waals surface area contributed by atoms with E-state index in [9.17, 15) is 4.79 Å². The second-order valence-corrected chi connectivity index (χ2v) is 7.43. The lowest BCUT2D eigenvalue weighted by atomic mass is 10.1. The number of amides is 1. The largest absolute Gasteiger partial charge is 0.492 e. The van der Waals surface area contributed by atoms with E-state index in [1.807, 2.05) is 32.0 Å². The van der Waals surface area contributed by atoms with Gasteiger partial charge in [-0.05, 0) is 41.4 Å². The lowest BCUT2D eigenvalue weighted by molar-refractivity contribution is -0.115. The third kappa shape index (κ3) is 5.83. The molecule has 29 heavy (non-hydrogen) atoms. The van der Waals surface area contributed by atoms with Gasteiger partial charge in [0.25, 0.3) is 0 Å². The molecule has 0 spiro atoms. The van der Waals surface area contributed by atoms with E-state index in [-0.39, 0.29) is 12.3 Å². The number of benzene rings is 1. The van der Waals surface area contributed by atoms with Crippen molar-refractivity contribution in [1.29, 1.82) is 0 Å². The number of anilines is 2. The number of nitrogens with one attached hydrogen (secondary N) is 1. The molecule has 156 valence electrons. The Bertz CT molecular complexity index is 841. The maximum atomic E-state index is 12.6. The Morgan fingerprint density at radius 2 is 1.86 bits per heavy atom. The van der Waals surface area contributed by atoms with Crippen molar-refractivity contribution in [3.05, 3.63) is 40.6 Å². The van der Waals surface area contributed by atoms with Crippen LogP contribution in [-0.4, -0.2) is 50.4 Å². The fraction of sp³-hybridized carbons (Fsp3) is 0.429. The van der Waals surface area contributed by atoms with Crippen molar-refractivity contribution in [2.24, 2.45) is 0 Å². The van der Waals surface area contributed by atoms with Gasteiger partial charge in [0, 0.05) is 42.1 Å². The molecule has 1 saturated heterocycles. The minimum atomic E-state index is -0.146. The molecule has 1 aliphatic rings. The first-order valence-electron chi connectivity index (χ1n) is 9.76. The summed E-state index contributed by atoms with van der Waals surface area (Å²) in [5, 5.41) is 2.96. The molecule has 2 aromatic rings. The quantitative estimate of drug-likeness (QED) is 0.643. The summed E-state index contributed by atoms with van der Waals surface area (Å²) in [4.78, 5) is 19.0. The molecule has 0 aliphatic carbocycles. The molecule has 0 bridgehead atoms. The number of hydrogen-bond acceptors (Lipinski definition) is 6. The molecule has 2 heterocycles. The Labute approximate surface area is 179 Å². The van der Waals surface area contributed by atoms with E-state index >= 15 is 0 Å². The van der Waals surface area contributed by atoms with Crippen LogP contribution >= 0.6 is 15.9 Å². The van der Waals surface area contributed by atoms with Crippen molar-refractivity contribution < 1.29 is 19.0 Å². The van der Waals surface area contributed by atoms with Crippen LogP contribution in [0.15, 0.2) is 35.1 Å². The Hall–Kier alpha value is -2.32. The first kappa shape index (κ1) is 21.4. The van der Waals surface area contributed by atoms with Crippen molar-refractivity contribution in [3.63, 3.8) is 0 Å². The topological polar surface area (TPSA) is 72.9 Å². The Morgan fingerprint density at radius 1 is 1.14 bits per heavy atom. The van der Waals surface area contributed by atoms with Crippen LogP contribution in [0.5, 0.6) is 11.5 Å². The number of carbonyl (C=O) groups is 1. The molecule has 1 fully saturated rings. The van der Waals surface area contributed by atoms with Crippen molar-refractivity contribution in [2.75, 3.05) is 49.7 Å². The molecule has 1 aliphatic heterocycles. The molecule has 0 unspecified atom stereocenters. The molecule has 0 radical (unpaired) electrons. The number of halogens is 1. The van der Waals surface area contributed by atoms with Gasteiger partial charge >= 0.3 is 0 Å². The summed E-state index contributed by atoms with van der Waals surface area (Å²) < 4.78 is 18.0. The molecular formula is C21H26BrN3O4. The average molecular weight is 464 g/mol. The number of hydrogen-bond donors (Lipinski definition) is 1. The molecule has 8 heteroatoms. The molecule has 1 aromatic carbocycles. The summed E-state index contributed by atoms with van der Waals surface area (Å²) in [7, 11) is 0. The van der Waals surface area contributed by atoms with Gasteiger partial charge < -0.3 is 24.4 Å². The lowest BCUT2D eigenvalue weighted by Crippen LogP contribution is -2.36. The summed E-state index contributed by atoms with van der Waals surface area (Å²) >= 11 is 3.38. The lowest BCUT2D eigenvalue weighted by Gasteiger charge is -2.31. The van der Waals surface area contributed by atoms with Crippen molar-refractivity contribution in [2.45, 2.75) is 20.3 Å². The number of nitrogens with zero attached hydrogens (tertiary/aromatic N) is 2. The molecule has 1 aromatic heterocycles. The van der Waals surface area contributed by atoms with Gasteiger partial charge in [-0.15, -0.1) is 0 Å². The zero-order chi connectivity index (χ0) is 20.6. The maximum absolute atomic E-state index is 12.6. The van der Waals surface area contributed by atoms with E-state index in [0.29, 0.717) is 37.9 Å². The van der Waals surface area contributed by atoms with Gasteiger partial charge in [0.05, 0.1) is 44.2 Å².